The first kappa shape index (κ1) is 18.8. The van der Waals surface area contributed by atoms with Crippen LogP contribution in [0, 0.1) is 0 Å². The summed E-state index contributed by atoms with van der Waals surface area (Å²) < 4.78 is 0. The topological polar surface area (TPSA) is 44.4 Å². The molecule has 1 heterocycles. The Balaban J connectivity index is 1.08. The highest BCUT2D eigenvalue weighted by Crippen LogP contribution is 2.41. The molecule has 3 fully saturated rings. The van der Waals surface area contributed by atoms with Crippen molar-refractivity contribution in [1.82, 2.24) is 15.5 Å². The van der Waals surface area contributed by atoms with Gasteiger partial charge < -0.3 is 15.5 Å². The molecule has 1 amide bonds. The van der Waals surface area contributed by atoms with Gasteiger partial charge >= 0.3 is 0 Å². The van der Waals surface area contributed by atoms with Gasteiger partial charge in [-0.05, 0) is 68.5 Å². The van der Waals surface area contributed by atoms with E-state index in [1.165, 1.54) is 50.8 Å². The van der Waals surface area contributed by atoms with Crippen molar-refractivity contribution < 1.29 is 4.79 Å². The maximum Gasteiger partial charge on any atom is 0.251 e. The molecule has 1 saturated heterocycles. The van der Waals surface area contributed by atoms with Gasteiger partial charge in [-0.2, -0.15) is 0 Å². The van der Waals surface area contributed by atoms with Gasteiger partial charge in [0.25, 0.3) is 5.91 Å². The predicted octanol–water partition coefficient (Wildman–Crippen LogP) is 3.69. The molecular weight excluding hydrogens is 358 g/mol. The van der Waals surface area contributed by atoms with E-state index < -0.39 is 0 Å². The van der Waals surface area contributed by atoms with Crippen LogP contribution in [0.3, 0.4) is 0 Å². The average Bonchev–Trinajstić information content (AvgIpc) is 3.69. The van der Waals surface area contributed by atoms with Crippen LogP contribution in [0.25, 0.3) is 0 Å². The Kier molecular flexibility index (Phi) is 5.38. The molecule has 2 aromatic carbocycles. The van der Waals surface area contributed by atoms with Crippen LogP contribution in [0.1, 0.15) is 59.5 Å². The third-order valence-corrected chi connectivity index (χ3v) is 6.73. The number of carbonyl (C=O) groups excluding carboxylic acids is 1. The minimum absolute atomic E-state index is 0.00621. The Morgan fingerprint density at radius 3 is 2.34 bits per heavy atom. The molecule has 4 nitrogen and oxygen atoms in total. The lowest BCUT2D eigenvalue weighted by Crippen LogP contribution is -2.44. The molecule has 2 atom stereocenters. The number of likely N-dealkylation sites (tertiary alicyclic amines) is 1. The van der Waals surface area contributed by atoms with Crippen molar-refractivity contribution in [3.05, 3.63) is 71.3 Å². The molecule has 0 aromatic heterocycles. The summed E-state index contributed by atoms with van der Waals surface area (Å²) in [4.78, 5) is 15.1. The molecule has 2 aromatic rings. The quantitative estimate of drug-likeness (QED) is 0.759. The van der Waals surface area contributed by atoms with E-state index in [0.29, 0.717) is 24.5 Å². The van der Waals surface area contributed by atoms with Gasteiger partial charge in [-0.25, -0.2) is 0 Å². The normalized spacial score (nSPS) is 25.0. The third-order valence-electron chi connectivity index (χ3n) is 6.73. The first-order valence-electron chi connectivity index (χ1n) is 11.2. The standard InChI is InChI=1S/C25H31N3O/c29-25(26-17-18-4-2-1-3-5-18)20-8-6-19(7-9-20)23-16-24(23)27-21-12-14-28(15-13-21)22-10-11-22/h1-9,21-24,27H,10-17H2,(H,26,29)/t23-,24+/m0/s1. The van der Waals surface area contributed by atoms with Crippen LogP contribution in [0.15, 0.2) is 54.6 Å². The number of rotatable bonds is 7. The number of piperidine rings is 1. The van der Waals surface area contributed by atoms with E-state index in [-0.39, 0.29) is 5.91 Å². The minimum atomic E-state index is -0.00621. The number of nitrogens with one attached hydrogen (secondary N) is 2. The van der Waals surface area contributed by atoms with Gasteiger partial charge in [-0.3, -0.25) is 4.79 Å². The van der Waals surface area contributed by atoms with Gasteiger partial charge in [-0.15, -0.1) is 0 Å². The maximum atomic E-state index is 12.4. The van der Waals surface area contributed by atoms with Crippen LogP contribution in [-0.2, 0) is 6.54 Å². The van der Waals surface area contributed by atoms with Gasteiger partial charge in [0, 0.05) is 36.2 Å². The summed E-state index contributed by atoms with van der Waals surface area (Å²) >= 11 is 0. The minimum Gasteiger partial charge on any atom is -0.348 e. The molecule has 5 rings (SSSR count). The summed E-state index contributed by atoms with van der Waals surface area (Å²) in [5.74, 6) is 0.603. The maximum absolute atomic E-state index is 12.4. The van der Waals surface area contributed by atoms with E-state index in [9.17, 15) is 4.79 Å². The molecule has 3 aliphatic rings. The summed E-state index contributed by atoms with van der Waals surface area (Å²) in [5, 5.41) is 6.89. The zero-order valence-corrected chi connectivity index (χ0v) is 17.0. The molecule has 4 heteroatoms. The highest BCUT2D eigenvalue weighted by molar-refractivity contribution is 5.94. The van der Waals surface area contributed by atoms with Crippen LogP contribution in [-0.4, -0.2) is 42.0 Å². The fourth-order valence-electron chi connectivity index (χ4n) is 4.68. The summed E-state index contributed by atoms with van der Waals surface area (Å²) in [5.41, 5.74) is 3.21. The second-order valence-corrected chi connectivity index (χ2v) is 8.95. The van der Waals surface area contributed by atoms with Crippen molar-refractivity contribution in [2.24, 2.45) is 0 Å². The molecule has 2 saturated carbocycles. The Labute approximate surface area is 173 Å². The van der Waals surface area contributed by atoms with Crippen LogP contribution in [0.5, 0.6) is 0 Å². The zero-order valence-electron chi connectivity index (χ0n) is 17.0. The van der Waals surface area contributed by atoms with Crippen LogP contribution in [0.2, 0.25) is 0 Å². The van der Waals surface area contributed by atoms with Crippen LogP contribution >= 0.6 is 0 Å². The Morgan fingerprint density at radius 2 is 1.66 bits per heavy atom. The van der Waals surface area contributed by atoms with Crippen molar-refractivity contribution in [2.75, 3.05) is 13.1 Å². The highest BCUT2D eigenvalue weighted by Gasteiger charge is 2.40. The molecule has 0 unspecified atom stereocenters. The fraction of sp³-hybridized carbons (Fsp3) is 0.480. The smallest absolute Gasteiger partial charge is 0.251 e. The van der Waals surface area contributed by atoms with Gasteiger partial charge in [0.15, 0.2) is 0 Å². The van der Waals surface area contributed by atoms with Crippen LogP contribution in [0.4, 0.5) is 0 Å². The molecule has 2 aliphatic carbocycles. The van der Waals surface area contributed by atoms with Crippen molar-refractivity contribution in [3.8, 4) is 0 Å². The molecule has 2 N–H and O–H groups in total. The molecule has 0 radical (unpaired) electrons. The molecule has 152 valence electrons. The number of hydrogen-bond acceptors (Lipinski definition) is 3. The van der Waals surface area contributed by atoms with Gasteiger partial charge in [0.2, 0.25) is 0 Å². The summed E-state index contributed by atoms with van der Waals surface area (Å²) in [6, 6.07) is 20.5. The molecule has 1 aliphatic heterocycles. The van der Waals surface area contributed by atoms with Crippen molar-refractivity contribution in [3.63, 3.8) is 0 Å². The highest BCUT2D eigenvalue weighted by atomic mass is 16.1. The van der Waals surface area contributed by atoms with E-state index in [1.807, 2.05) is 42.5 Å². The predicted molar refractivity (Wildman–Crippen MR) is 116 cm³/mol. The van der Waals surface area contributed by atoms with Crippen molar-refractivity contribution in [2.45, 2.75) is 62.7 Å². The van der Waals surface area contributed by atoms with Crippen molar-refractivity contribution in [1.29, 1.82) is 0 Å². The zero-order chi connectivity index (χ0) is 19.6. The number of nitrogens with zero attached hydrogens (tertiary/aromatic N) is 1. The van der Waals surface area contributed by atoms with Gasteiger partial charge in [-0.1, -0.05) is 42.5 Å². The number of benzene rings is 2. The summed E-state index contributed by atoms with van der Waals surface area (Å²) in [6.45, 7) is 3.11. The average molecular weight is 390 g/mol. The number of hydrogen-bond donors (Lipinski definition) is 2. The lowest BCUT2D eigenvalue weighted by atomic mass is 10.0. The lowest BCUT2D eigenvalue weighted by molar-refractivity contribution is 0.0951. The first-order valence-corrected chi connectivity index (χ1v) is 11.2. The van der Waals surface area contributed by atoms with E-state index in [4.69, 9.17) is 0 Å². The van der Waals surface area contributed by atoms with Gasteiger partial charge in [0.05, 0.1) is 0 Å². The summed E-state index contributed by atoms with van der Waals surface area (Å²) in [6.07, 6.45) is 6.65. The van der Waals surface area contributed by atoms with E-state index in [2.05, 4.69) is 27.7 Å². The molecule has 0 bridgehead atoms. The number of carbonyl (C=O) groups is 1. The molecular formula is C25H31N3O. The van der Waals surface area contributed by atoms with Crippen molar-refractivity contribution >= 4 is 5.91 Å². The second-order valence-electron chi connectivity index (χ2n) is 8.95. The second kappa shape index (κ2) is 8.29. The fourth-order valence-corrected chi connectivity index (χ4v) is 4.68. The van der Waals surface area contributed by atoms with Gasteiger partial charge in [0.1, 0.15) is 0 Å². The number of amides is 1. The van der Waals surface area contributed by atoms with E-state index >= 15 is 0 Å². The molecule has 0 spiro atoms. The van der Waals surface area contributed by atoms with Crippen LogP contribution < -0.4 is 10.6 Å². The third kappa shape index (κ3) is 4.71. The monoisotopic (exact) mass is 389 g/mol. The SMILES string of the molecule is O=C(NCc1ccccc1)c1ccc([C@@H]2C[C@H]2NC2CCN(C3CC3)CC2)cc1. The van der Waals surface area contributed by atoms with E-state index in [1.54, 1.807) is 0 Å². The Bertz CT molecular complexity index is 823. The Morgan fingerprint density at radius 1 is 0.931 bits per heavy atom. The lowest BCUT2D eigenvalue weighted by Gasteiger charge is -2.32. The molecule has 29 heavy (non-hydrogen) atoms. The first-order chi connectivity index (χ1) is 14.3. The van der Waals surface area contributed by atoms with E-state index in [0.717, 1.165) is 17.2 Å². The largest absolute Gasteiger partial charge is 0.348 e. The summed E-state index contributed by atoms with van der Waals surface area (Å²) in [7, 11) is 0. The Hall–Kier alpha value is -2.17.